The van der Waals surface area contributed by atoms with Crippen molar-refractivity contribution in [1.82, 2.24) is 14.6 Å². The number of cyclic esters (lactones) is 1. The number of Topliss-reactive ketones (excluding diaryl/α,β-unsaturated/α-hetero) is 1. The maximum Gasteiger partial charge on any atom is 0.311 e. The van der Waals surface area contributed by atoms with Gasteiger partial charge < -0.3 is 43.2 Å². The summed E-state index contributed by atoms with van der Waals surface area (Å²) in [5.74, 6) is -4.18. The fourth-order valence-corrected chi connectivity index (χ4v) is 11.1. The van der Waals surface area contributed by atoms with E-state index in [0.717, 1.165) is 0 Å². The summed E-state index contributed by atoms with van der Waals surface area (Å²) in [5, 5.41) is 11.7. The monoisotopic (exact) mass is 887 g/mol. The number of rotatable bonds is 9. The zero-order chi connectivity index (χ0) is 45.3. The van der Waals surface area contributed by atoms with Crippen molar-refractivity contribution >= 4 is 27.7 Å². The number of hydrogen-bond acceptors (Lipinski definition) is 15. The van der Waals surface area contributed by atoms with Gasteiger partial charge in [-0.15, -0.1) is 0 Å². The molecule has 16 nitrogen and oxygen atoms in total. The molecule has 4 aliphatic heterocycles. The van der Waals surface area contributed by atoms with Crippen molar-refractivity contribution in [3.63, 3.8) is 0 Å². The molecule has 5 heterocycles. The summed E-state index contributed by atoms with van der Waals surface area (Å²) in [6.45, 7) is 13.9. The summed E-state index contributed by atoms with van der Waals surface area (Å²) in [7, 11) is -0.499. The minimum absolute atomic E-state index is 0.0236. The number of pyridine rings is 1. The van der Waals surface area contributed by atoms with Gasteiger partial charge in [0.2, 0.25) is 15.9 Å². The number of carbonyl (C=O) groups is 3. The molecular formula is C45H65N3O13S. The van der Waals surface area contributed by atoms with Crippen LogP contribution in [0.1, 0.15) is 81.1 Å². The molecule has 4 fully saturated rings. The van der Waals surface area contributed by atoms with Crippen LogP contribution in [0, 0.1) is 29.6 Å². The number of para-hydroxylation sites is 1. The van der Waals surface area contributed by atoms with Crippen LogP contribution in [0.5, 0.6) is 11.6 Å². The van der Waals surface area contributed by atoms with Gasteiger partial charge in [0.15, 0.2) is 6.29 Å². The van der Waals surface area contributed by atoms with Gasteiger partial charge in [-0.3, -0.25) is 14.4 Å². The number of sulfonamides is 1. The van der Waals surface area contributed by atoms with Crippen molar-refractivity contribution in [2.45, 2.75) is 146 Å². The van der Waals surface area contributed by atoms with Crippen molar-refractivity contribution in [1.29, 1.82) is 0 Å². The molecule has 6 rings (SSSR count). The third kappa shape index (κ3) is 10.2. The normalized spacial score (nSPS) is 38.8. The number of aliphatic hydroxyl groups is 1. The third-order valence-corrected chi connectivity index (χ3v) is 14.9. The Morgan fingerprint density at radius 1 is 0.984 bits per heavy atom. The van der Waals surface area contributed by atoms with Gasteiger partial charge in [0, 0.05) is 35.8 Å². The van der Waals surface area contributed by atoms with E-state index in [-0.39, 0.29) is 54.8 Å². The van der Waals surface area contributed by atoms with Crippen LogP contribution < -0.4 is 9.46 Å². The van der Waals surface area contributed by atoms with Crippen LogP contribution in [0.3, 0.4) is 0 Å². The number of esters is 2. The van der Waals surface area contributed by atoms with E-state index in [1.54, 1.807) is 46.8 Å². The Balaban J connectivity index is 1.39. The van der Waals surface area contributed by atoms with Crippen molar-refractivity contribution in [2.75, 3.05) is 27.3 Å². The molecule has 1 aromatic heterocycles. The van der Waals surface area contributed by atoms with Crippen LogP contribution >= 0.6 is 0 Å². The molecular weight excluding hydrogens is 823 g/mol. The molecule has 0 amide bonds. The molecule has 2 aromatic rings. The summed E-state index contributed by atoms with van der Waals surface area (Å²) < 4.78 is 75.3. The van der Waals surface area contributed by atoms with Gasteiger partial charge in [-0.25, -0.2) is 18.1 Å². The lowest BCUT2D eigenvalue weighted by Crippen LogP contribution is -2.60. The molecule has 0 radical (unpaired) electrons. The number of nitrogens with zero attached hydrogens (tertiary/aromatic N) is 2. The van der Waals surface area contributed by atoms with E-state index < -0.39 is 99.5 Å². The van der Waals surface area contributed by atoms with Gasteiger partial charge in [-0.2, -0.15) is 0 Å². The number of carbonyl (C=O) groups excluding carboxylic acids is 3. The second-order valence-electron chi connectivity index (χ2n) is 18.4. The predicted molar refractivity (Wildman–Crippen MR) is 225 cm³/mol. The lowest BCUT2D eigenvalue weighted by atomic mass is 9.70. The van der Waals surface area contributed by atoms with Crippen molar-refractivity contribution < 1.29 is 61.1 Å². The largest absolute Gasteiger partial charge is 0.458 e. The standard InChI is InChI=1S/C45H65N3O13S/c1-11-35-45(8)33(20-37(49)61-45)27(4)38(50)25(2)21-44(7)41(60-43-39(51)34(48(9)10)19-26(3)57-43)28(5)40(29(6)42(52)59-35)55-23-30(24-56-44)47-62(53,54)32-17-18-36(46-22-32)58-31-15-13-12-14-16-31/h12-18,22,25-30,33-35,39-41,43,47,51H,11,19-21,23-24H2,1-10H3/t25-,26-,27-,28-,29-,30?,33+,34+,35-,39-,40+,41-,43+,44-,45+/m1/s1. The van der Waals surface area contributed by atoms with Gasteiger partial charge in [0.1, 0.15) is 34.2 Å². The molecule has 2 bridgehead atoms. The van der Waals surface area contributed by atoms with Gasteiger partial charge >= 0.3 is 11.9 Å². The Bertz CT molecular complexity index is 1990. The Morgan fingerprint density at radius 3 is 2.34 bits per heavy atom. The predicted octanol–water partition coefficient (Wildman–Crippen LogP) is 4.67. The molecule has 62 heavy (non-hydrogen) atoms. The number of benzene rings is 1. The summed E-state index contributed by atoms with van der Waals surface area (Å²) in [6.07, 6.45) is -3.30. The number of fused-ring (bicyclic) bond motifs is 4. The number of likely N-dealkylation sites (N-methyl/N-ethyl adjacent to an activating group) is 1. The van der Waals surface area contributed by atoms with E-state index >= 15 is 0 Å². The highest BCUT2D eigenvalue weighted by Crippen LogP contribution is 2.46. The maximum atomic E-state index is 14.6. The average molecular weight is 888 g/mol. The topological polar surface area (TPSA) is 198 Å². The van der Waals surface area contributed by atoms with Gasteiger partial charge in [-0.1, -0.05) is 45.9 Å². The molecule has 17 heteroatoms. The maximum absolute atomic E-state index is 14.6. The van der Waals surface area contributed by atoms with Gasteiger partial charge in [-0.05, 0) is 79.3 Å². The third-order valence-electron chi connectivity index (χ3n) is 13.4. The zero-order valence-electron chi connectivity index (χ0n) is 37.5. The molecule has 0 saturated carbocycles. The van der Waals surface area contributed by atoms with Crippen LogP contribution in [0.4, 0.5) is 0 Å². The van der Waals surface area contributed by atoms with Crippen LogP contribution in [-0.2, 0) is 52.8 Å². The van der Waals surface area contributed by atoms with Crippen LogP contribution in [-0.4, -0.2) is 129 Å². The lowest BCUT2D eigenvalue weighted by Gasteiger charge is -2.48. The zero-order valence-corrected chi connectivity index (χ0v) is 38.3. The Kier molecular flexibility index (Phi) is 14.9. The smallest absolute Gasteiger partial charge is 0.311 e. The fourth-order valence-electron chi connectivity index (χ4n) is 9.99. The lowest BCUT2D eigenvalue weighted by molar-refractivity contribution is -0.302. The highest BCUT2D eigenvalue weighted by molar-refractivity contribution is 7.89. The number of ether oxygens (including phenoxy) is 7. The molecule has 4 saturated heterocycles. The number of hydrogen-bond donors (Lipinski definition) is 2. The van der Waals surface area contributed by atoms with E-state index in [0.29, 0.717) is 18.6 Å². The van der Waals surface area contributed by atoms with Crippen LogP contribution in [0.15, 0.2) is 53.6 Å². The van der Waals surface area contributed by atoms with Gasteiger partial charge in [0.25, 0.3) is 0 Å². The highest BCUT2D eigenvalue weighted by Gasteiger charge is 2.57. The molecule has 2 N–H and O–H groups in total. The SMILES string of the molecule is CC[C@H]1OC(=O)[C@H](C)[C@H]2OCC(NS(=O)(=O)c3ccc(Oc4ccccc4)nc3)CO[C@](C)(C[C@@H](C)C(=O)[C@H](C)[C@@H]3CC(=O)O[C@]13C)[C@H](O[C@@H]1O[C@H](C)C[C@H](N(C)C)[C@H]1O)[C@@H]2C. The number of nitrogens with one attached hydrogen (secondary N) is 1. The van der Waals surface area contributed by atoms with Crippen LogP contribution in [0.2, 0.25) is 0 Å². The molecule has 1 aromatic carbocycles. The van der Waals surface area contributed by atoms with E-state index in [2.05, 4.69) is 9.71 Å². The minimum Gasteiger partial charge on any atom is -0.458 e. The summed E-state index contributed by atoms with van der Waals surface area (Å²) >= 11 is 0. The first kappa shape index (κ1) is 47.9. The van der Waals surface area contributed by atoms with Crippen molar-refractivity contribution in [3.05, 3.63) is 48.7 Å². The molecule has 4 aliphatic rings. The van der Waals surface area contributed by atoms with E-state index in [1.807, 2.05) is 58.0 Å². The quantitative estimate of drug-likeness (QED) is 0.329. The highest BCUT2D eigenvalue weighted by atomic mass is 32.2. The molecule has 0 spiro atoms. The first-order valence-electron chi connectivity index (χ1n) is 21.8. The Hall–Kier alpha value is -3.55. The van der Waals surface area contributed by atoms with Gasteiger partial charge in [0.05, 0.1) is 61.7 Å². The number of ketones is 1. The average Bonchev–Trinajstić information content (AvgIpc) is 3.56. The van der Waals surface area contributed by atoms with E-state index in [1.165, 1.54) is 18.3 Å². The fraction of sp³-hybridized carbons (Fsp3) is 0.689. The number of aliphatic hydroxyl groups excluding tert-OH is 1. The summed E-state index contributed by atoms with van der Waals surface area (Å²) in [6, 6.07) is 10.5. The second kappa shape index (κ2) is 19.3. The molecule has 344 valence electrons. The van der Waals surface area contributed by atoms with Crippen LogP contribution in [0.25, 0.3) is 0 Å². The number of aromatic nitrogens is 1. The van der Waals surface area contributed by atoms with E-state index in [9.17, 15) is 27.9 Å². The first-order valence-corrected chi connectivity index (χ1v) is 23.2. The van der Waals surface area contributed by atoms with Crippen molar-refractivity contribution in [3.8, 4) is 11.6 Å². The molecule has 15 atom stereocenters. The molecule has 0 aliphatic carbocycles. The summed E-state index contributed by atoms with van der Waals surface area (Å²) in [5.41, 5.74) is -2.66. The Morgan fingerprint density at radius 2 is 1.69 bits per heavy atom. The molecule has 1 unspecified atom stereocenters. The minimum atomic E-state index is -4.24. The Labute approximate surface area is 365 Å². The van der Waals surface area contributed by atoms with E-state index in [4.69, 9.17) is 33.2 Å². The second-order valence-corrected chi connectivity index (χ2v) is 20.1. The summed E-state index contributed by atoms with van der Waals surface area (Å²) in [4.78, 5) is 48.0. The van der Waals surface area contributed by atoms with Crippen molar-refractivity contribution in [2.24, 2.45) is 29.6 Å². The first-order chi connectivity index (χ1) is 29.2.